The summed E-state index contributed by atoms with van der Waals surface area (Å²) in [6, 6.07) is 20.2. The van der Waals surface area contributed by atoms with Crippen LogP contribution in [0.5, 0.6) is 0 Å². The zero-order valence-electron chi connectivity index (χ0n) is 15.2. The molecule has 0 spiro atoms. The number of hydrogen-bond donors (Lipinski definition) is 1. The molecule has 1 heterocycles. The summed E-state index contributed by atoms with van der Waals surface area (Å²) in [7, 11) is 1.56. The van der Waals surface area contributed by atoms with E-state index in [9.17, 15) is 10.1 Å². The normalized spacial score (nSPS) is 11.3. The Bertz CT molecular complexity index is 997. The molecule has 0 atom stereocenters. The molecule has 1 amide bonds. The number of ether oxygens (including phenoxy) is 1. The lowest BCUT2D eigenvalue weighted by Gasteiger charge is -2.05. The number of carbonyl (C=O) groups excluding carboxylic acids is 1. The van der Waals surface area contributed by atoms with Crippen LogP contribution in [0.2, 0.25) is 0 Å². The second-order valence-electron chi connectivity index (χ2n) is 6.13. The highest BCUT2D eigenvalue weighted by molar-refractivity contribution is 6.04. The molecule has 0 aliphatic carbocycles. The largest absolute Gasteiger partial charge is 0.383 e. The van der Waals surface area contributed by atoms with Gasteiger partial charge in [-0.15, -0.1) is 0 Å². The van der Waals surface area contributed by atoms with E-state index in [2.05, 4.69) is 22.0 Å². The van der Waals surface area contributed by atoms with E-state index in [1.165, 1.54) is 5.56 Å². The standard InChI is InChI=1S/C22H21N3O2/c1-27-12-11-24-22(26)18(14-23)13-19-16-25(15-17-7-3-2-4-8-17)21-10-6-5-9-20(19)21/h2-10,13,16H,11-12,15H2,1H3,(H,24,26). The molecule has 1 N–H and O–H groups in total. The number of nitrogens with one attached hydrogen (secondary N) is 1. The van der Waals surface area contributed by atoms with E-state index in [0.29, 0.717) is 13.2 Å². The van der Waals surface area contributed by atoms with Gasteiger partial charge in [-0.05, 0) is 17.7 Å². The third-order valence-corrected chi connectivity index (χ3v) is 4.27. The number of aromatic nitrogens is 1. The summed E-state index contributed by atoms with van der Waals surface area (Å²) in [5, 5.41) is 13.1. The predicted molar refractivity (Wildman–Crippen MR) is 106 cm³/mol. The predicted octanol–water partition coefficient (Wildman–Crippen LogP) is 3.36. The van der Waals surface area contributed by atoms with E-state index >= 15 is 0 Å². The van der Waals surface area contributed by atoms with Crippen LogP contribution in [-0.4, -0.2) is 30.7 Å². The van der Waals surface area contributed by atoms with Gasteiger partial charge in [0.05, 0.1) is 6.61 Å². The Morgan fingerprint density at radius 2 is 1.93 bits per heavy atom. The molecule has 3 rings (SSSR count). The van der Waals surface area contributed by atoms with Gasteiger partial charge >= 0.3 is 0 Å². The van der Waals surface area contributed by atoms with Gasteiger partial charge in [0.1, 0.15) is 11.6 Å². The van der Waals surface area contributed by atoms with E-state index < -0.39 is 5.91 Å². The number of nitriles is 1. The van der Waals surface area contributed by atoms with Crippen LogP contribution in [-0.2, 0) is 16.1 Å². The van der Waals surface area contributed by atoms with Crippen LogP contribution in [0.15, 0.2) is 66.4 Å². The highest BCUT2D eigenvalue weighted by Crippen LogP contribution is 2.24. The van der Waals surface area contributed by atoms with Gasteiger partial charge in [0.15, 0.2) is 0 Å². The van der Waals surface area contributed by atoms with Crippen molar-refractivity contribution in [3.8, 4) is 6.07 Å². The Balaban J connectivity index is 1.94. The number of amides is 1. The summed E-state index contributed by atoms with van der Waals surface area (Å²) in [4.78, 5) is 12.2. The van der Waals surface area contributed by atoms with Crippen LogP contribution in [0, 0.1) is 11.3 Å². The monoisotopic (exact) mass is 359 g/mol. The van der Waals surface area contributed by atoms with Crippen LogP contribution in [0.25, 0.3) is 17.0 Å². The van der Waals surface area contributed by atoms with Gasteiger partial charge in [-0.2, -0.15) is 5.26 Å². The summed E-state index contributed by atoms with van der Waals surface area (Å²) in [6.45, 7) is 1.49. The molecule has 0 saturated carbocycles. The number of rotatable bonds is 7. The summed E-state index contributed by atoms with van der Waals surface area (Å²) < 4.78 is 7.05. The number of nitrogens with zero attached hydrogens (tertiary/aromatic N) is 2. The number of para-hydroxylation sites is 1. The fourth-order valence-corrected chi connectivity index (χ4v) is 2.97. The number of fused-ring (bicyclic) bond motifs is 1. The SMILES string of the molecule is COCCNC(=O)C(C#N)=Cc1cn(Cc2ccccc2)c2ccccc12. The number of methoxy groups -OCH3 is 1. The Hall–Kier alpha value is -3.36. The molecule has 5 heteroatoms. The van der Waals surface area contributed by atoms with Crippen LogP contribution in [0.4, 0.5) is 0 Å². The molecular weight excluding hydrogens is 338 g/mol. The third kappa shape index (κ3) is 4.43. The Morgan fingerprint density at radius 3 is 2.67 bits per heavy atom. The summed E-state index contributed by atoms with van der Waals surface area (Å²) in [5.74, 6) is -0.394. The molecule has 0 fully saturated rings. The third-order valence-electron chi connectivity index (χ3n) is 4.27. The molecule has 3 aromatic rings. The maximum absolute atomic E-state index is 12.2. The Kier molecular flexibility index (Phi) is 6.03. The minimum atomic E-state index is -0.394. The highest BCUT2D eigenvalue weighted by atomic mass is 16.5. The molecule has 27 heavy (non-hydrogen) atoms. The van der Waals surface area contributed by atoms with Gasteiger partial charge in [-0.25, -0.2) is 0 Å². The van der Waals surface area contributed by atoms with Crippen LogP contribution in [0.3, 0.4) is 0 Å². The molecule has 1 aromatic heterocycles. The van der Waals surface area contributed by atoms with Crippen molar-refractivity contribution in [2.75, 3.05) is 20.3 Å². The van der Waals surface area contributed by atoms with E-state index in [4.69, 9.17) is 4.74 Å². The Labute approximate surface area is 158 Å². The van der Waals surface area contributed by atoms with Crippen molar-refractivity contribution in [2.45, 2.75) is 6.54 Å². The molecule has 136 valence electrons. The van der Waals surface area contributed by atoms with Gasteiger partial charge in [0.2, 0.25) is 0 Å². The molecule has 0 saturated heterocycles. The maximum atomic E-state index is 12.2. The minimum absolute atomic E-state index is 0.0775. The fraction of sp³-hybridized carbons (Fsp3) is 0.182. The van der Waals surface area contributed by atoms with Gasteiger partial charge < -0.3 is 14.6 Å². The van der Waals surface area contributed by atoms with E-state index in [-0.39, 0.29) is 5.57 Å². The van der Waals surface area contributed by atoms with Crippen molar-refractivity contribution < 1.29 is 9.53 Å². The number of hydrogen-bond acceptors (Lipinski definition) is 3. The second-order valence-corrected chi connectivity index (χ2v) is 6.13. The Morgan fingerprint density at radius 1 is 1.19 bits per heavy atom. The quantitative estimate of drug-likeness (QED) is 0.400. The lowest BCUT2D eigenvalue weighted by Crippen LogP contribution is -2.27. The van der Waals surface area contributed by atoms with Crippen LogP contribution in [0.1, 0.15) is 11.1 Å². The first kappa shape index (κ1) is 18.4. The average Bonchev–Trinajstić information content (AvgIpc) is 3.04. The summed E-state index contributed by atoms with van der Waals surface area (Å²) >= 11 is 0. The molecule has 0 bridgehead atoms. The summed E-state index contributed by atoms with van der Waals surface area (Å²) in [5.41, 5.74) is 3.17. The molecule has 0 radical (unpaired) electrons. The van der Waals surface area contributed by atoms with Crippen LogP contribution >= 0.6 is 0 Å². The van der Waals surface area contributed by atoms with Crippen LogP contribution < -0.4 is 5.32 Å². The zero-order valence-corrected chi connectivity index (χ0v) is 15.2. The van der Waals surface area contributed by atoms with E-state index in [1.54, 1.807) is 13.2 Å². The zero-order chi connectivity index (χ0) is 19.1. The van der Waals surface area contributed by atoms with E-state index in [1.807, 2.05) is 54.7 Å². The first-order chi connectivity index (χ1) is 13.2. The van der Waals surface area contributed by atoms with Gasteiger partial charge in [0.25, 0.3) is 5.91 Å². The minimum Gasteiger partial charge on any atom is -0.383 e. The van der Waals surface area contributed by atoms with Crippen molar-refractivity contribution in [1.82, 2.24) is 9.88 Å². The molecule has 0 aliphatic rings. The molecule has 0 unspecified atom stereocenters. The lowest BCUT2D eigenvalue weighted by molar-refractivity contribution is -0.117. The molecular formula is C22H21N3O2. The van der Waals surface area contributed by atoms with Crippen molar-refractivity contribution in [3.05, 3.63) is 77.5 Å². The van der Waals surface area contributed by atoms with Crippen molar-refractivity contribution in [3.63, 3.8) is 0 Å². The van der Waals surface area contributed by atoms with E-state index in [0.717, 1.165) is 23.0 Å². The molecule has 5 nitrogen and oxygen atoms in total. The van der Waals surface area contributed by atoms with Crippen molar-refractivity contribution >= 4 is 22.9 Å². The van der Waals surface area contributed by atoms with Gasteiger partial charge in [0, 0.05) is 42.9 Å². The average molecular weight is 359 g/mol. The maximum Gasteiger partial charge on any atom is 0.262 e. The van der Waals surface area contributed by atoms with Gasteiger partial charge in [-0.1, -0.05) is 48.5 Å². The first-order valence-electron chi connectivity index (χ1n) is 8.73. The highest BCUT2D eigenvalue weighted by Gasteiger charge is 2.12. The molecule has 2 aromatic carbocycles. The smallest absolute Gasteiger partial charge is 0.262 e. The number of carbonyl (C=O) groups is 1. The lowest BCUT2D eigenvalue weighted by atomic mass is 10.1. The first-order valence-corrected chi connectivity index (χ1v) is 8.73. The fourth-order valence-electron chi connectivity index (χ4n) is 2.97. The van der Waals surface area contributed by atoms with Crippen molar-refractivity contribution in [1.29, 1.82) is 5.26 Å². The summed E-state index contributed by atoms with van der Waals surface area (Å²) in [6.07, 6.45) is 3.63. The van der Waals surface area contributed by atoms with Gasteiger partial charge in [-0.3, -0.25) is 4.79 Å². The molecule has 0 aliphatic heterocycles. The van der Waals surface area contributed by atoms with Crippen molar-refractivity contribution in [2.24, 2.45) is 0 Å². The number of benzene rings is 2. The second kappa shape index (κ2) is 8.84. The topological polar surface area (TPSA) is 67.0 Å².